The van der Waals surface area contributed by atoms with E-state index >= 15 is 0 Å². The van der Waals surface area contributed by atoms with Gasteiger partial charge in [0.2, 0.25) is 0 Å². The van der Waals surface area contributed by atoms with Crippen molar-refractivity contribution >= 4 is 11.6 Å². The highest BCUT2D eigenvalue weighted by atomic mass is 35.5. The lowest BCUT2D eigenvalue weighted by Gasteiger charge is -2.27. The normalized spacial score (nSPS) is 23.6. The van der Waals surface area contributed by atoms with Crippen LogP contribution in [-0.4, -0.2) is 23.8 Å². The molecule has 6 heteroatoms. The van der Waals surface area contributed by atoms with Gasteiger partial charge in [-0.3, -0.25) is 5.32 Å². The fourth-order valence-electron chi connectivity index (χ4n) is 1.10. The minimum absolute atomic E-state index is 0.0375. The molecule has 88 valence electrons. The van der Waals surface area contributed by atoms with Crippen molar-refractivity contribution in [3.63, 3.8) is 0 Å². The maximum atomic E-state index is 6.12. The van der Waals surface area contributed by atoms with E-state index in [4.69, 9.17) is 11.6 Å². The smallest absolute Gasteiger partial charge is 0.0966 e. The first-order valence-corrected chi connectivity index (χ1v) is 5.49. The van der Waals surface area contributed by atoms with E-state index in [-0.39, 0.29) is 17.2 Å². The zero-order valence-corrected chi connectivity index (χ0v) is 10.2. The van der Waals surface area contributed by atoms with E-state index in [9.17, 15) is 0 Å². The molecular weight excluding hydrogens is 214 g/mol. The molecule has 0 aromatic heterocycles. The van der Waals surface area contributed by atoms with Gasteiger partial charge < -0.3 is 10.7 Å². The van der Waals surface area contributed by atoms with Gasteiger partial charge in [0, 0.05) is 18.3 Å². The van der Waals surface area contributed by atoms with Crippen molar-refractivity contribution in [3.8, 4) is 0 Å². The van der Waals surface area contributed by atoms with E-state index < -0.39 is 0 Å². The largest absolute Gasteiger partial charge is 0.316 e. The summed E-state index contributed by atoms with van der Waals surface area (Å²) in [7, 11) is 0. The number of hydrazine groups is 2. The number of alkyl halides is 1. The van der Waals surface area contributed by atoms with Crippen molar-refractivity contribution in [3.05, 3.63) is 12.3 Å². The molecule has 1 aliphatic rings. The minimum atomic E-state index is -0.119. The predicted octanol–water partition coefficient (Wildman–Crippen LogP) is -0.0188. The molecule has 0 spiro atoms. The molecule has 0 bridgehead atoms. The molecule has 0 fully saturated rings. The number of hydrogen-bond donors (Lipinski definition) is 5. The maximum Gasteiger partial charge on any atom is 0.0966 e. The molecule has 2 atom stereocenters. The fourth-order valence-corrected chi connectivity index (χ4v) is 1.31. The average Bonchev–Trinajstić information content (AvgIpc) is 2.15. The summed E-state index contributed by atoms with van der Waals surface area (Å²) in [4.78, 5) is 0. The van der Waals surface area contributed by atoms with Crippen molar-refractivity contribution in [1.29, 1.82) is 0 Å². The van der Waals surface area contributed by atoms with Gasteiger partial charge in [-0.15, -0.1) is 11.6 Å². The number of halogens is 1. The molecule has 1 rings (SSSR count). The summed E-state index contributed by atoms with van der Waals surface area (Å²) < 4.78 is 0. The van der Waals surface area contributed by atoms with Crippen LogP contribution in [0.2, 0.25) is 0 Å². The van der Waals surface area contributed by atoms with E-state index in [1.165, 1.54) is 0 Å². The van der Waals surface area contributed by atoms with Crippen LogP contribution < -0.4 is 27.0 Å². The van der Waals surface area contributed by atoms with E-state index in [1.54, 1.807) is 0 Å². The Bertz CT molecular complexity index is 213. The topological polar surface area (TPSA) is 60.1 Å². The van der Waals surface area contributed by atoms with Gasteiger partial charge in [-0.1, -0.05) is 0 Å². The van der Waals surface area contributed by atoms with Crippen LogP contribution in [0.25, 0.3) is 0 Å². The first-order valence-electron chi connectivity index (χ1n) is 5.05. The average molecular weight is 234 g/mol. The number of nitrogens with one attached hydrogen (secondary N) is 5. The maximum absolute atomic E-state index is 6.12. The SMILES string of the molecule is CC(C)(C)NCC(Cl)NC1C=CNNN1. The Hall–Kier alpha value is -0.330. The van der Waals surface area contributed by atoms with Gasteiger partial charge >= 0.3 is 0 Å². The van der Waals surface area contributed by atoms with Gasteiger partial charge in [-0.05, 0) is 26.8 Å². The van der Waals surface area contributed by atoms with E-state index in [1.807, 2.05) is 12.3 Å². The number of rotatable bonds is 4. The van der Waals surface area contributed by atoms with Crippen LogP contribution in [0.4, 0.5) is 0 Å². The molecule has 0 saturated heterocycles. The van der Waals surface area contributed by atoms with Gasteiger partial charge in [0.25, 0.3) is 0 Å². The van der Waals surface area contributed by atoms with Crippen molar-refractivity contribution in [2.75, 3.05) is 6.54 Å². The van der Waals surface area contributed by atoms with Gasteiger partial charge in [-0.2, -0.15) is 5.53 Å². The van der Waals surface area contributed by atoms with Crippen LogP contribution in [0.3, 0.4) is 0 Å². The standard InChI is InChI=1S/C9H20ClN5/c1-9(2,3)11-6-7(10)13-8-4-5-12-15-14-8/h4-5,7-8,11-15H,6H2,1-3H3. The van der Waals surface area contributed by atoms with Crippen LogP contribution >= 0.6 is 11.6 Å². The van der Waals surface area contributed by atoms with E-state index in [2.05, 4.69) is 47.8 Å². The summed E-state index contributed by atoms with van der Waals surface area (Å²) in [5.74, 6) is 0. The van der Waals surface area contributed by atoms with Crippen molar-refractivity contribution in [2.45, 2.75) is 38.0 Å². The highest BCUT2D eigenvalue weighted by Crippen LogP contribution is 2.00. The second kappa shape index (κ2) is 5.67. The molecule has 0 saturated carbocycles. The Morgan fingerprint density at radius 1 is 1.47 bits per heavy atom. The minimum Gasteiger partial charge on any atom is -0.316 e. The molecule has 5 N–H and O–H groups in total. The molecule has 1 aliphatic heterocycles. The molecule has 15 heavy (non-hydrogen) atoms. The molecule has 0 aromatic rings. The third-order valence-corrected chi connectivity index (χ3v) is 2.12. The lowest BCUT2D eigenvalue weighted by atomic mass is 10.1. The Kier molecular flexibility index (Phi) is 4.82. The zero-order valence-electron chi connectivity index (χ0n) is 9.39. The highest BCUT2D eigenvalue weighted by Gasteiger charge is 2.15. The van der Waals surface area contributed by atoms with Crippen molar-refractivity contribution < 1.29 is 0 Å². The quantitative estimate of drug-likeness (QED) is 0.349. The van der Waals surface area contributed by atoms with Crippen molar-refractivity contribution in [1.82, 2.24) is 27.0 Å². The summed E-state index contributed by atoms with van der Waals surface area (Å²) in [6.07, 6.45) is 3.80. The third kappa shape index (κ3) is 5.96. The lowest BCUT2D eigenvalue weighted by Crippen LogP contribution is -2.58. The van der Waals surface area contributed by atoms with Crippen LogP contribution in [0.5, 0.6) is 0 Å². The molecule has 1 heterocycles. The summed E-state index contributed by atoms with van der Waals surface area (Å²) >= 11 is 6.12. The van der Waals surface area contributed by atoms with E-state index in [0.717, 1.165) is 0 Å². The predicted molar refractivity (Wildman–Crippen MR) is 62.9 cm³/mol. The van der Waals surface area contributed by atoms with Crippen LogP contribution in [-0.2, 0) is 0 Å². The Morgan fingerprint density at radius 2 is 2.20 bits per heavy atom. The zero-order chi connectivity index (χ0) is 11.3. The number of hydrogen-bond acceptors (Lipinski definition) is 5. The second-order valence-electron chi connectivity index (χ2n) is 4.52. The van der Waals surface area contributed by atoms with Crippen LogP contribution in [0.15, 0.2) is 12.3 Å². The van der Waals surface area contributed by atoms with E-state index in [0.29, 0.717) is 6.54 Å². The fraction of sp³-hybridized carbons (Fsp3) is 0.778. The summed E-state index contributed by atoms with van der Waals surface area (Å²) in [5, 5.41) is 6.52. The van der Waals surface area contributed by atoms with Gasteiger partial charge in [0.1, 0.15) is 0 Å². The summed E-state index contributed by atoms with van der Waals surface area (Å²) in [6, 6.07) is 0. The molecule has 0 aromatic carbocycles. The molecule has 5 nitrogen and oxygen atoms in total. The van der Waals surface area contributed by atoms with Gasteiger partial charge in [0.15, 0.2) is 0 Å². The summed E-state index contributed by atoms with van der Waals surface area (Å²) in [5.41, 5.74) is 8.53. The molecule has 0 amide bonds. The molecule has 0 aliphatic carbocycles. The third-order valence-electron chi connectivity index (χ3n) is 1.84. The molecule has 2 unspecified atom stereocenters. The van der Waals surface area contributed by atoms with Crippen LogP contribution in [0, 0.1) is 0 Å². The summed E-state index contributed by atoms with van der Waals surface area (Å²) in [6.45, 7) is 7.05. The first-order chi connectivity index (χ1) is 6.97. The molecular formula is C9H20ClN5. The molecule has 0 radical (unpaired) electrons. The van der Waals surface area contributed by atoms with Crippen LogP contribution in [0.1, 0.15) is 20.8 Å². The first kappa shape index (κ1) is 12.7. The Morgan fingerprint density at radius 3 is 2.73 bits per heavy atom. The van der Waals surface area contributed by atoms with Gasteiger partial charge in [-0.25, -0.2) is 5.43 Å². The second-order valence-corrected chi connectivity index (χ2v) is 5.04. The lowest BCUT2D eigenvalue weighted by molar-refractivity contribution is 0.348. The van der Waals surface area contributed by atoms with Gasteiger partial charge in [0.05, 0.1) is 11.7 Å². The Balaban J connectivity index is 2.20. The Labute approximate surface area is 96.0 Å². The monoisotopic (exact) mass is 233 g/mol. The highest BCUT2D eigenvalue weighted by molar-refractivity contribution is 6.20. The van der Waals surface area contributed by atoms with Crippen molar-refractivity contribution in [2.24, 2.45) is 0 Å².